The van der Waals surface area contributed by atoms with E-state index >= 15 is 0 Å². The van der Waals surface area contributed by atoms with Crippen LogP contribution in [0.4, 0.5) is 0 Å². The highest BCUT2D eigenvalue weighted by Gasteiger charge is 2.20. The zero-order valence-electron chi connectivity index (χ0n) is 10.2. The predicted octanol–water partition coefficient (Wildman–Crippen LogP) is 3.35. The van der Waals surface area contributed by atoms with E-state index in [0.717, 1.165) is 24.7 Å². The number of rotatable bonds is 5. The standard InChI is InChI=1S/C16H16O2/c17-12-15(11-13-7-3-1-4-8-13)16(18)14-9-5-2-6-10-14/h2-3,5-10,12,15H,1,4,11H2. The summed E-state index contributed by atoms with van der Waals surface area (Å²) < 4.78 is 0. The van der Waals surface area contributed by atoms with E-state index in [1.807, 2.05) is 24.3 Å². The van der Waals surface area contributed by atoms with Crippen molar-refractivity contribution in [3.8, 4) is 0 Å². The van der Waals surface area contributed by atoms with Crippen LogP contribution < -0.4 is 0 Å². The molecular formula is C16H16O2. The molecule has 2 rings (SSSR count). The monoisotopic (exact) mass is 240 g/mol. The van der Waals surface area contributed by atoms with Crippen molar-refractivity contribution < 1.29 is 9.59 Å². The van der Waals surface area contributed by atoms with Crippen LogP contribution in [0.25, 0.3) is 0 Å². The van der Waals surface area contributed by atoms with Gasteiger partial charge in [-0.1, -0.05) is 54.1 Å². The minimum absolute atomic E-state index is 0.0922. The third kappa shape index (κ3) is 3.04. The van der Waals surface area contributed by atoms with E-state index in [0.29, 0.717) is 12.0 Å². The van der Waals surface area contributed by atoms with Crippen molar-refractivity contribution >= 4 is 12.1 Å². The number of hydrogen-bond donors (Lipinski definition) is 0. The number of carbonyl (C=O) groups excluding carboxylic acids is 2. The Balaban J connectivity index is 2.09. The van der Waals surface area contributed by atoms with Gasteiger partial charge in [-0.25, -0.2) is 0 Å². The quantitative estimate of drug-likeness (QED) is 0.449. The number of carbonyl (C=O) groups is 2. The van der Waals surface area contributed by atoms with Crippen LogP contribution in [-0.4, -0.2) is 12.1 Å². The van der Waals surface area contributed by atoms with Gasteiger partial charge in [0.25, 0.3) is 0 Å². The SMILES string of the molecule is O=CC(CC1=CCCC=C1)C(=O)c1ccccc1. The molecular weight excluding hydrogens is 224 g/mol. The van der Waals surface area contributed by atoms with Gasteiger partial charge in [-0.15, -0.1) is 0 Å². The average Bonchev–Trinajstić information content (AvgIpc) is 2.46. The summed E-state index contributed by atoms with van der Waals surface area (Å²) in [7, 11) is 0. The molecule has 0 N–H and O–H groups in total. The molecule has 0 fully saturated rings. The molecule has 2 nitrogen and oxygen atoms in total. The maximum Gasteiger partial charge on any atom is 0.173 e. The van der Waals surface area contributed by atoms with Crippen molar-refractivity contribution in [3.63, 3.8) is 0 Å². The van der Waals surface area contributed by atoms with Gasteiger partial charge in [-0.3, -0.25) is 4.79 Å². The molecule has 2 heteroatoms. The third-order valence-electron chi connectivity index (χ3n) is 3.09. The van der Waals surface area contributed by atoms with Crippen LogP contribution in [0.3, 0.4) is 0 Å². The summed E-state index contributed by atoms with van der Waals surface area (Å²) in [5.74, 6) is -0.660. The topological polar surface area (TPSA) is 34.1 Å². The highest BCUT2D eigenvalue weighted by Crippen LogP contribution is 2.20. The zero-order chi connectivity index (χ0) is 12.8. The van der Waals surface area contributed by atoms with Crippen LogP contribution in [-0.2, 0) is 4.79 Å². The Kier molecular flexibility index (Phi) is 4.24. The average molecular weight is 240 g/mol. The molecule has 92 valence electrons. The predicted molar refractivity (Wildman–Crippen MR) is 71.4 cm³/mol. The molecule has 1 aromatic carbocycles. The molecule has 0 saturated heterocycles. The Morgan fingerprint density at radius 3 is 2.61 bits per heavy atom. The highest BCUT2D eigenvalue weighted by atomic mass is 16.1. The summed E-state index contributed by atoms with van der Waals surface area (Å²) in [6, 6.07) is 9.00. The molecule has 0 radical (unpaired) electrons. The smallest absolute Gasteiger partial charge is 0.173 e. The third-order valence-corrected chi connectivity index (χ3v) is 3.09. The molecule has 0 amide bonds. The van der Waals surface area contributed by atoms with Crippen LogP contribution in [0.5, 0.6) is 0 Å². The molecule has 0 saturated carbocycles. The molecule has 0 aliphatic heterocycles. The van der Waals surface area contributed by atoms with E-state index in [-0.39, 0.29) is 5.78 Å². The fraction of sp³-hybridized carbons (Fsp3) is 0.250. The van der Waals surface area contributed by atoms with Crippen molar-refractivity contribution in [1.82, 2.24) is 0 Å². The first-order chi connectivity index (χ1) is 8.81. The van der Waals surface area contributed by atoms with Crippen LogP contribution in [0.1, 0.15) is 29.6 Å². The van der Waals surface area contributed by atoms with Gasteiger partial charge in [0, 0.05) is 5.56 Å². The van der Waals surface area contributed by atoms with Gasteiger partial charge in [0.15, 0.2) is 5.78 Å². The van der Waals surface area contributed by atoms with Gasteiger partial charge in [0.2, 0.25) is 0 Å². The maximum absolute atomic E-state index is 12.2. The van der Waals surface area contributed by atoms with Gasteiger partial charge in [0.1, 0.15) is 6.29 Å². The van der Waals surface area contributed by atoms with Crippen molar-refractivity contribution in [2.45, 2.75) is 19.3 Å². The minimum Gasteiger partial charge on any atom is -0.303 e. The normalized spacial score (nSPS) is 15.9. The molecule has 1 unspecified atom stereocenters. The lowest BCUT2D eigenvalue weighted by Gasteiger charge is -2.12. The second kappa shape index (κ2) is 6.10. The molecule has 18 heavy (non-hydrogen) atoms. The summed E-state index contributed by atoms with van der Waals surface area (Å²) in [6.07, 6.45) is 9.52. The fourth-order valence-corrected chi connectivity index (χ4v) is 2.09. The number of allylic oxidation sites excluding steroid dienone is 4. The van der Waals surface area contributed by atoms with Gasteiger partial charge >= 0.3 is 0 Å². The summed E-state index contributed by atoms with van der Waals surface area (Å²) in [5, 5.41) is 0. The van der Waals surface area contributed by atoms with Crippen molar-refractivity contribution in [2.75, 3.05) is 0 Å². The minimum atomic E-state index is -0.568. The molecule has 1 aliphatic carbocycles. The first-order valence-electron chi connectivity index (χ1n) is 6.21. The van der Waals surface area contributed by atoms with Gasteiger partial charge in [-0.2, -0.15) is 0 Å². The Morgan fingerprint density at radius 1 is 1.22 bits per heavy atom. The highest BCUT2D eigenvalue weighted by molar-refractivity contribution is 6.05. The number of Topliss-reactive ketones (excluding diaryl/α,β-unsaturated/α-hetero) is 1. The Hall–Kier alpha value is -1.96. The molecule has 0 heterocycles. The molecule has 0 aromatic heterocycles. The summed E-state index contributed by atoms with van der Waals surface area (Å²) in [4.78, 5) is 23.3. The van der Waals surface area contributed by atoms with E-state index in [1.54, 1.807) is 12.1 Å². The van der Waals surface area contributed by atoms with E-state index in [2.05, 4.69) is 12.2 Å². The van der Waals surface area contributed by atoms with Gasteiger partial charge < -0.3 is 4.79 Å². The lowest BCUT2D eigenvalue weighted by Crippen LogP contribution is -2.17. The van der Waals surface area contributed by atoms with E-state index in [9.17, 15) is 9.59 Å². The number of aldehydes is 1. The van der Waals surface area contributed by atoms with E-state index in [4.69, 9.17) is 0 Å². The molecule has 1 aliphatic rings. The second-order valence-electron chi connectivity index (χ2n) is 4.44. The first kappa shape index (κ1) is 12.5. The molecule has 1 aromatic rings. The molecule has 1 atom stereocenters. The zero-order valence-corrected chi connectivity index (χ0v) is 10.2. The van der Waals surface area contributed by atoms with Crippen LogP contribution in [0, 0.1) is 5.92 Å². The van der Waals surface area contributed by atoms with Crippen LogP contribution >= 0.6 is 0 Å². The first-order valence-corrected chi connectivity index (χ1v) is 6.21. The Labute approximate surface area is 107 Å². The largest absolute Gasteiger partial charge is 0.303 e. The van der Waals surface area contributed by atoms with E-state index < -0.39 is 5.92 Å². The summed E-state index contributed by atoms with van der Waals surface area (Å²) in [5.41, 5.74) is 1.69. The summed E-state index contributed by atoms with van der Waals surface area (Å²) >= 11 is 0. The van der Waals surface area contributed by atoms with Crippen LogP contribution in [0.15, 0.2) is 54.1 Å². The van der Waals surface area contributed by atoms with Crippen LogP contribution in [0.2, 0.25) is 0 Å². The molecule has 0 bridgehead atoms. The lowest BCUT2D eigenvalue weighted by molar-refractivity contribution is -0.109. The van der Waals surface area contributed by atoms with Crippen molar-refractivity contribution in [3.05, 3.63) is 59.7 Å². The van der Waals surface area contributed by atoms with Gasteiger partial charge in [-0.05, 0) is 19.3 Å². The number of hydrogen-bond acceptors (Lipinski definition) is 2. The maximum atomic E-state index is 12.2. The number of benzene rings is 1. The number of ketones is 1. The van der Waals surface area contributed by atoms with Crippen molar-refractivity contribution in [1.29, 1.82) is 0 Å². The van der Waals surface area contributed by atoms with Gasteiger partial charge in [0.05, 0.1) is 5.92 Å². The molecule has 0 spiro atoms. The Bertz CT molecular complexity index is 483. The van der Waals surface area contributed by atoms with Crippen molar-refractivity contribution in [2.24, 2.45) is 5.92 Å². The Morgan fingerprint density at radius 2 is 2.00 bits per heavy atom. The summed E-state index contributed by atoms with van der Waals surface area (Å²) in [6.45, 7) is 0. The fourth-order valence-electron chi connectivity index (χ4n) is 2.09. The lowest BCUT2D eigenvalue weighted by atomic mass is 9.90. The second-order valence-corrected chi connectivity index (χ2v) is 4.44. The van der Waals surface area contributed by atoms with E-state index in [1.165, 1.54) is 0 Å².